The van der Waals surface area contributed by atoms with Gasteiger partial charge >= 0.3 is 0 Å². The Hall–Kier alpha value is -3.15. The molecule has 0 aromatic heterocycles. The number of hydrazine groups is 1. The SMILES string of the molecule is COc1cccc(C2=CC3c4cccc(OC)c4OC(c4cccc(Cl)c4)N3N2)c1. The molecular formula is C24H21ClN2O3. The van der Waals surface area contributed by atoms with Crippen molar-refractivity contribution in [2.45, 2.75) is 12.3 Å². The zero-order valence-corrected chi connectivity index (χ0v) is 17.4. The minimum absolute atomic E-state index is 0.0333. The van der Waals surface area contributed by atoms with Crippen LogP contribution in [0.15, 0.2) is 72.8 Å². The van der Waals surface area contributed by atoms with E-state index in [4.69, 9.17) is 25.8 Å². The average molecular weight is 421 g/mol. The quantitative estimate of drug-likeness (QED) is 0.616. The van der Waals surface area contributed by atoms with E-state index >= 15 is 0 Å². The van der Waals surface area contributed by atoms with E-state index in [0.717, 1.165) is 33.9 Å². The Morgan fingerprint density at radius 1 is 0.967 bits per heavy atom. The molecule has 2 aliphatic heterocycles. The van der Waals surface area contributed by atoms with Gasteiger partial charge in [-0.3, -0.25) is 0 Å². The first-order chi connectivity index (χ1) is 14.7. The van der Waals surface area contributed by atoms with Crippen molar-refractivity contribution in [1.82, 2.24) is 10.4 Å². The Balaban J connectivity index is 1.62. The highest BCUT2D eigenvalue weighted by Crippen LogP contribution is 2.49. The monoisotopic (exact) mass is 420 g/mol. The van der Waals surface area contributed by atoms with E-state index in [2.05, 4.69) is 28.6 Å². The lowest BCUT2D eigenvalue weighted by Crippen LogP contribution is -2.43. The fourth-order valence-corrected chi connectivity index (χ4v) is 4.19. The van der Waals surface area contributed by atoms with Crippen LogP contribution in [0.2, 0.25) is 5.02 Å². The minimum atomic E-state index is -0.378. The molecule has 2 aliphatic rings. The van der Waals surface area contributed by atoms with Gasteiger partial charge in [-0.05, 0) is 36.4 Å². The number of methoxy groups -OCH3 is 2. The molecule has 30 heavy (non-hydrogen) atoms. The molecule has 0 saturated carbocycles. The maximum atomic E-state index is 6.46. The molecule has 0 radical (unpaired) electrons. The number of para-hydroxylation sites is 1. The summed E-state index contributed by atoms with van der Waals surface area (Å²) < 4.78 is 17.4. The molecule has 1 N–H and O–H groups in total. The maximum absolute atomic E-state index is 6.46. The zero-order valence-electron chi connectivity index (χ0n) is 16.6. The summed E-state index contributed by atoms with van der Waals surface area (Å²) in [5.41, 5.74) is 7.56. The van der Waals surface area contributed by atoms with E-state index in [1.165, 1.54) is 0 Å². The lowest BCUT2D eigenvalue weighted by molar-refractivity contribution is -0.0342. The van der Waals surface area contributed by atoms with Crippen LogP contribution in [0, 0.1) is 0 Å². The maximum Gasteiger partial charge on any atom is 0.196 e. The predicted octanol–water partition coefficient (Wildman–Crippen LogP) is 5.35. The van der Waals surface area contributed by atoms with E-state index in [1.807, 2.05) is 54.6 Å². The molecule has 0 amide bonds. The van der Waals surface area contributed by atoms with Crippen molar-refractivity contribution in [2.75, 3.05) is 14.2 Å². The predicted molar refractivity (Wildman–Crippen MR) is 117 cm³/mol. The molecule has 0 saturated heterocycles. The number of nitrogens with zero attached hydrogens (tertiary/aromatic N) is 1. The van der Waals surface area contributed by atoms with Crippen molar-refractivity contribution in [1.29, 1.82) is 0 Å². The van der Waals surface area contributed by atoms with Crippen molar-refractivity contribution >= 4 is 17.3 Å². The standard InChI is InChI=1S/C24H21ClN2O3/c1-28-18-9-4-6-15(13-18)20-14-21-19-10-5-11-22(29-2)23(19)30-24(27(21)26-20)16-7-3-8-17(25)12-16/h3-14,21,24,26H,1-2H3. The Bertz CT molecular complexity index is 1130. The third kappa shape index (κ3) is 3.16. The van der Waals surface area contributed by atoms with Crippen LogP contribution in [-0.2, 0) is 0 Å². The van der Waals surface area contributed by atoms with E-state index in [1.54, 1.807) is 14.2 Å². The smallest absolute Gasteiger partial charge is 0.196 e. The van der Waals surface area contributed by atoms with E-state index in [-0.39, 0.29) is 12.3 Å². The highest BCUT2D eigenvalue weighted by atomic mass is 35.5. The zero-order chi connectivity index (χ0) is 20.7. The molecule has 6 heteroatoms. The number of rotatable bonds is 4. The number of hydrogen-bond donors (Lipinski definition) is 1. The van der Waals surface area contributed by atoms with Gasteiger partial charge in [0.15, 0.2) is 17.7 Å². The van der Waals surface area contributed by atoms with E-state index < -0.39 is 0 Å². The summed E-state index contributed by atoms with van der Waals surface area (Å²) in [6, 6.07) is 21.6. The second kappa shape index (κ2) is 7.59. The molecule has 5 rings (SSSR count). The van der Waals surface area contributed by atoms with Gasteiger partial charge in [-0.15, -0.1) is 0 Å². The first-order valence-corrected chi connectivity index (χ1v) is 10.1. The molecule has 2 atom stereocenters. The van der Waals surface area contributed by atoms with Crippen LogP contribution in [0.5, 0.6) is 17.2 Å². The van der Waals surface area contributed by atoms with Gasteiger partial charge in [-0.2, -0.15) is 5.01 Å². The summed E-state index contributed by atoms with van der Waals surface area (Å²) in [4.78, 5) is 0. The van der Waals surface area contributed by atoms with Gasteiger partial charge < -0.3 is 19.6 Å². The third-order valence-electron chi connectivity index (χ3n) is 5.42. The number of benzene rings is 3. The molecule has 3 aromatic rings. The second-order valence-electron chi connectivity index (χ2n) is 7.18. The molecule has 152 valence electrons. The second-order valence-corrected chi connectivity index (χ2v) is 7.62. The third-order valence-corrected chi connectivity index (χ3v) is 5.65. The van der Waals surface area contributed by atoms with Gasteiger partial charge in [0.25, 0.3) is 0 Å². The van der Waals surface area contributed by atoms with Crippen LogP contribution in [0.1, 0.15) is 29.0 Å². The summed E-state index contributed by atoms with van der Waals surface area (Å²) >= 11 is 6.28. The number of fused-ring (bicyclic) bond motifs is 3. The van der Waals surface area contributed by atoms with Gasteiger partial charge in [-0.1, -0.05) is 48.0 Å². The summed E-state index contributed by atoms with van der Waals surface area (Å²) in [6.45, 7) is 0. The Kier molecular flexibility index (Phi) is 4.77. The van der Waals surface area contributed by atoms with Crippen molar-refractivity contribution in [3.8, 4) is 17.2 Å². The number of ether oxygens (including phenoxy) is 3. The normalized spacial score (nSPS) is 19.8. The van der Waals surface area contributed by atoms with Gasteiger partial charge in [0, 0.05) is 21.7 Å². The lowest BCUT2D eigenvalue weighted by atomic mass is 10.00. The lowest BCUT2D eigenvalue weighted by Gasteiger charge is -2.39. The van der Waals surface area contributed by atoms with Crippen LogP contribution in [-0.4, -0.2) is 19.2 Å². The Labute approximate surface area is 180 Å². The first kappa shape index (κ1) is 18.9. The highest BCUT2D eigenvalue weighted by Gasteiger charge is 2.41. The van der Waals surface area contributed by atoms with Crippen molar-refractivity contribution in [2.24, 2.45) is 0 Å². The molecule has 0 bridgehead atoms. The first-order valence-electron chi connectivity index (χ1n) is 9.68. The largest absolute Gasteiger partial charge is 0.497 e. The number of nitrogens with one attached hydrogen (secondary N) is 1. The van der Waals surface area contributed by atoms with Gasteiger partial charge in [0.05, 0.1) is 26.0 Å². The van der Waals surface area contributed by atoms with Crippen LogP contribution in [0.25, 0.3) is 5.70 Å². The van der Waals surface area contributed by atoms with Crippen LogP contribution < -0.4 is 19.6 Å². The Morgan fingerprint density at radius 2 is 1.80 bits per heavy atom. The average Bonchev–Trinajstić information content (AvgIpc) is 3.24. The summed E-state index contributed by atoms with van der Waals surface area (Å²) in [7, 11) is 3.33. The van der Waals surface area contributed by atoms with E-state index in [0.29, 0.717) is 10.8 Å². The van der Waals surface area contributed by atoms with Gasteiger partial charge in [0.2, 0.25) is 0 Å². The molecular weight excluding hydrogens is 400 g/mol. The fraction of sp³-hybridized carbons (Fsp3) is 0.167. The van der Waals surface area contributed by atoms with Crippen molar-refractivity contribution in [3.63, 3.8) is 0 Å². The van der Waals surface area contributed by atoms with Crippen LogP contribution in [0.4, 0.5) is 0 Å². The molecule has 2 heterocycles. The van der Waals surface area contributed by atoms with Crippen LogP contribution in [0.3, 0.4) is 0 Å². The van der Waals surface area contributed by atoms with Crippen molar-refractivity contribution in [3.05, 3.63) is 94.5 Å². The molecule has 3 aromatic carbocycles. The highest BCUT2D eigenvalue weighted by molar-refractivity contribution is 6.30. The molecule has 0 aliphatic carbocycles. The topological polar surface area (TPSA) is 43.0 Å². The summed E-state index contributed by atoms with van der Waals surface area (Å²) in [5, 5.41) is 2.76. The molecule has 2 unspecified atom stereocenters. The van der Waals surface area contributed by atoms with Gasteiger partial charge in [-0.25, -0.2) is 0 Å². The summed E-state index contributed by atoms with van der Waals surface area (Å²) in [5.74, 6) is 2.27. The minimum Gasteiger partial charge on any atom is -0.497 e. The number of halogens is 1. The van der Waals surface area contributed by atoms with Crippen molar-refractivity contribution < 1.29 is 14.2 Å². The molecule has 0 fully saturated rings. The van der Waals surface area contributed by atoms with Crippen LogP contribution >= 0.6 is 11.6 Å². The fourth-order valence-electron chi connectivity index (χ4n) is 3.99. The van der Waals surface area contributed by atoms with E-state index in [9.17, 15) is 0 Å². The summed E-state index contributed by atoms with van der Waals surface area (Å²) in [6.07, 6.45) is 1.82. The molecule has 0 spiro atoms. The van der Waals surface area contributed by atoms with Gasteiger partial charge in [0.1, 0.15) is 5.75 Å². The molecule has 5 nitrogen and oxygen atoms in total. The number of hydrogen-bond acceptors (Lipinski definition) is 5. The Morgan fingerprint density at radius 3 is 2.60 bits per heavy atom.